The number of hydrogen-bond acceptors (Lipinski definition) is 4. The van der Waals surface area contributed by atoms with E-state index < -0.39 is 0 Å². The standard InChI is InChI=1S/C32H50N2OS/c1-21(2)7-6-8-22(3)26-9-10-27-25-18-30(34-33-19-23-13-16-36-20-23)29-17-24(35)11-14-32(29,5)28(25)12-15-31(26,27)4/h13,16,19-22,24-29,35H,6-12,14-15,17-18H2,1-5H3/b33-19+,34-30+/t22-,24+,25+,26-,27+,28+,29?,31-,32-/m1/s1. The minimum absolute atomic E-state index is 0.179. The first-order valence-corrected chi connectivity index (χ1v) is 16.0. The van der Waals surface area contributed by atoms with Crippen LogP contribution in [0.2, 0.25) is 0 Å². The van der Waals surface area contributed by atoms with Crippen molar-refractivity contribution < 1.29 is 5.11 Å². The summed E-state index contributed by atoms with van der Waals surface area (Å²) in [5.41, 5.74) is 3.18. The molecular formula is C32H50N2OS. The lowest BCUT2D eigenvalue weighted by molar-refractivity contribution is -0.0938. The molecule has 1 heterocycles. The highest BCUT2D eigenvalue weighted by Crippen LogP contribution is 2.68. The van der Waals surface area contributed by atoms with Crippen molar-refractivity contribution in [2.24, 2.45) is 62.5 Å². The summed E-state index contributed by atoms with van der Waals surface area (Å²) in [5, 5.41) is 24.4. The first-order valence-electron chi connectivity index (χ1n) is 15.0. The maximum atomic E-state index is 10.7. The zero-order valence-electron chi connectivity index (χ0n) is 23.5. The molecule has 0 aromatic carbocycles. The summed E-state index contributed by atoms with van der Waals surface area (Å²) in [7, 11) is 0. The second-order valence-corrected chi connectivity index (χ2v) is 14.8. The zero-order valence-corrected chi connectivity index (χ0v) is 24.3. The second-order valence-electron chi connectivity index (χ2n) is 14.0. The van der Waals surface area contributed by atoms with E-state index in [0.29, 0.717) is 11.3 Å². The van der Waals surface area contributed by atoms with Gasteiger partial charge in [0.1, 0.15) is 0 Å². The molecule has 4 fully saturated rings. The lowest BCUT2D eigenvalue weighted by Gasteiger charge is -2.61. The van der Waals surface area contributed by atoms with Gasteiger partial charge in [0.15, 0.2) is 0 Å². The molecule has 0 amide bonds. The molecule has 3 nitrogen and oxygen atoms in total. The SMILES string of the molecule is CC(C)CCC[C@@H](C)[C@H]1CC[C@H]2[C@@H]3C/C(=N\N=C\c4ccsc4)C4C[C@@H](O)CC[C@]4(C)[C@H]3CC[C@]12C. The molecule has 1 aromatic rings. The van der Waals surface area contributed by atoms with E-state index in [9.17, 15) is 5.11 Å². The normalized spacial score (nSPS) is 42.5. The summed E-state index contributed by atoms with van der Waals surface area (Å²) in [6.07, 6.45) is 15.6. The molecule has 1 N–H and O–H groups in total. The molecule has 36 heavy (non-hydrogen) atoms. The van der Waals surface area contributed by atoms with Crippen LogP contribution in [0.15, 0.2) is 27.0 Å². The van der Waals surface area contributed by atoms with Crippen molar-refractivity contribution in [1.82, 2.24) is 0 Å². The molecular weight excluding hydrogens is 460 g/mol. The largest absolute Gasteiger partial charge is 0.393 e. The Morgan fingerprint density at radius 3 is 2.58 bits per heavy atom. The van der Waals surface area contributed by atoms with Gasteiger partial charge in [0, 0.05) is 17.2 Å². The molecule has 0 aliphatic heterocycles. The van der Waals surface area contributed by atoms with Crippen molar-refractivity contribution in [3.63, 3.8) is 0 Å². The quantitative estimate of drug-likeness (QED) is 0.289. The Kier molecular flexibility index (Phi) is 7.86. The first kappa shape index (κ1) is 26.6. The minimum atomic E-state index is -0.179. The third kappa shape index (κ3) is 4.91. The van der Waals surface area contributed by atoms with Crippen LogP contribution in [-0.2, 0) is 0 Å². The van der Waals surface area contributed by atoms with Crippen LogP contribution in [0.1, 0.15) is 111 Å². The molecule has 9 atom stereocenters. The summed E-state index contributed by atoms with van der Waals surface area (Å²) < 4.78 is 0. The first-order chi connectivity index (χ1) is 17.2. The van der Waals surface area contributed by atoms with Crippen molar-refractivity contribution in [3.05, 3.63) is 22.4 Å². The predicted molar refractivity (Wildman–Crippen MR) is 154 cm³/mol. The van der Waals surface area contributed by atoms with Crippen molar-refractivity contribution in [2.45, 2.75) is 111 Å². The van der Waals surface area contributed by atoms with Gasteiger partial charge < -0.3 is 5.11 Å². The van der Waals surface area contributed by atoms with Crippen LogP contribution in [0.3, 0.4) is 0 Å². The number of fused-ring (bicyclic) bond motifs is 5. The van der Waals surface area contributed by atoms with E-state index in [-0.39, 0.29) is 11.5 Å². The van der Waals surface area contributed by atoms with Gasteiger partial charge in [0.2, 0.25) is 0 Å². The highest BCUT2D eigenvalue weighted by molar-refractivity contribution is 7.08. The molecule has 5 rings (SSSR count). The Labute approximate surface area is 224 Å². The number of aliphatic hydroxyl groups is 1. The number of hydrogen-bond donors (Lipinski definition) is 1. The predicted octanol–water partition coefficient (Wildman–Crippen LogP) is 8.62. The fourth-order valence-corrected chi connectivity index (χ4v) is 10.3. The molecule has 0 saturated heterocycles. The highest BCUT2D eigenvalue weighted by Gasteiger charge is 2.62. The number of aliphatic hydroxyl groups excluding tert-OH is 1. The Morgan fingerprint density at radius 2 is 1.83 bits per heavy atom. The van der Waals surface area contributed by atoms with E-state index in [2.05, 4.69) is 56.5 Å². The van der Waals surface area contributed by atoms with Gasteiger partial charge in [-0.25, -0.2) is 0 Å². The van der Waals surface area contributed by atoms with Gasteiger partial charge in [-0.1, -0.05) is 53.9 Å². The van der Waals surface area contributed by atoms with Crippen LogP contribution in [0.5, 0.6) is 0 Å². The fraction of sp³-hybridized carbons (Fsp3) is 0.812. The molecule has 1 unspecified atom stereocenters. The van der Waals surface area contributed by atoms with E-state index in [0.717, 1.165) is 66.8 Å². The maximum absolute atomic E-state index is 10.7. The summed E-state index contributed by atoms with van der Waals surface area (Å²) in [5.74, 6) is 5.28. The molecule has 0 radical (unpaired) electrons. The van der Waals surface area contributed by atoms with Crippen LogP contribution < -0.4 is 0 Å². The second kappa shape index (κ2) is 10.6. The zero-order chi connectivity index (χ0) is 25.5. The number of thiophene rings is 1. The van der Waals surface area contributed by atoms with Crippen LogP contribution in [-0.4, -0.2) is 23.1 Å². The summed E-state index contributed by atoms with van der Waals surface area (Å²) in [6, 6.07) is 2.10. The van der Waals surface area contributed by atoms with Crippen LogP contribution >= 0.6 is 11.3 Å². The van der Waals surface area contributed by atoms with E-state index in [4.69, 9.17) is 5.10 Å². The smallest absolute Gasteiger partial charge is 0.0576 e. The Balaban J connectivity index is 1.39. The van der Waals surface area contributed by atoms with Gasteiger partial charge >= 0.3 is 0 Å². The van der Waals surface area contributed by atoms with Crippen molar-refractivity contribution in [2.75, 3.05) is 0 Å². The molecule has 4 heteroatoms. The molecule has 0 spiro atoms. The van der Waals surface area contributed by atoms with E-state index in [1.807, 2.05) is 6.21 Å². The average Bonchev–Trinajstić information content (AvgIpc) is 3.47. The molecule has 0 bridgehead atoms. The lowest BCUT2D eigenvalue weighted by atomic mass is 9.44. The topological polar surface area (TPSA) is 45.0 Å². The molecule has 4 aliphatic rings. The van der Waals surface area contributed by atoms with Gasteiger partial charge in [0.05, 0.1) is 12.3 Å². The van der Waals surface area contributed by atoms with Crippen LogP contribution in [0, 0.1) is 52.3 Å². The number of nitrogens with zero attached hydrogens (tertiary/aromatic N) is 2. The Morgan fingerprint density at radius 1 is 1.06 bits per heavy atom. The lowest BCUT2D eigenvalue weighted by Crippen LogP contribution is -2.57. The minimum Gasteiger partial charge on any atom is -0.393 e. The summed E-state index contributed by atoms with van der Waals surface area (Å²) in [4.78, 5) is 0. The Bertz CT molecular complexity index is 938. The average molecular weight is 511 g/mol. The Hall–Kier alpha value is -1.00. The molecule has 1 aromatic heterocycles. The fourth-order valence-electron chi connectivity index (χ4n) is 9.70. The third-order valence-electron chi connectivity index (χ3n) is 11.6. The van der Waals surface area contributed by atoms with E-state index in [1.54, 1.807) is 11.3 Å². The van der Waals surface area contributed by atoms with E-state index >= 15 is 0 Å². The van der Waals surface area contributed by atoms with Crippen LogP contribution in [0.4, 0.5) is 0 Å². The van der Waals surface area contributed by atoms with Gasteiger partial charge in [-0.2, -0.15) is 21.5 Å². The maximum Gasteiger partial charge on any atom is 0.0576 e. The third-order valence-corrected chi connectivity index (χ3v) is 12.3. The van der Waals surface area contributed by atoms with Crippen LogP contribution in [0.25, 0.3) is 0 Å². The van der Waals surface area contributed by atoms with E-state index in [1.165, 1.54) is 50.7 Å². The number of rotatable bonds is 7. The van der Waals surface area contributed by atoms with Gasteiger partial charge in [0.25, 0.3) is 0 Å². The molecule has 4 aliphatic carbocycles. The van der Waals surface area contributed by atoms with Gasteiger partial charge in [-0.05, 0) is 115 Å². The molecule has 200 valence electrons. The monoisotopic (exact) mass is 510 g/mol. The van der Waals surface area contributed by atoms with Crippen molar-refractivity contribution in [1.29, 1.82) is 0 Å². The van der Waals surface area contributed by atoms with Gasteiger partial charge in [-0.15, -0.1) is 0 Å². The van der Waals surface area contributed by atoms with Crippen molar-refractivity contribution in [3.8, 4) is 0 Å². The van der Waals surface area contributed by atoms with Crippen molar-refractivity contribution >= 4 is 23.3 Å². The van der Waals surface area contributed by atoms with Gasteiger partial charge in [-0.3, -0.25) is 0 Å². The summed E-state index contributed by atoms with van der Waals surface area (Å²) >= 11 is 1.70. The summed E-state index contributed by atoms with van der Waals surface area (Å²) in [6.45, 7) is 12.5. The highest BCUT2D eigenvalue weighted by atomic mass is 32.1. The molecule has 4 saturated carbocycles.